The first-order chi connectivity index (χ1) is 11.6. The van der Waals surface area contributed by atoms with Crippen LogP contribution < -0.4 is 5.32 Å². The predicted octanol–water partition coefficient (Wildman–Crippen LogP) is 3.93. The lowest BCUT2D eigenvalue weighted by atomic mass is 10.2. The van der Waals surface area contributed by atoms with Crippen molar-refractivity contribution < 1.29 is 4.79 Å². The van der Waals surface area contributed by atoms with Crippen molar-refractivity contribution in [3.8, 4) is 0 Å². The second-order valence-electron chi connectivity index (χ2n) is 5.25. The predicted molar refractivity (Wildman–Crippen MR) is 99.4 cm³/mol. The van der Waals surface area contributed by atoms with Gasteiger partial charge in [-0.05, 0) is 36.0 Å². The van der Waals surface area contributed by atoms with E-state index in [2.05, 4.69) is 31.4 Å². The van der Waals surface area contributed by atoms with Crippen LogP contribution in [0.25, 0.3) is 0 Å². The van der Waals surface area contributed by atoms with Crippen molar-refractivity contribution in [3.63, 3.8) is 0 Å². The first kappa shape index (κ1) is 16.6. The third kappa shape index (κ3) is 4.18. The zero-order valence-corrected chi connectivity index (χ0v) is 15.1. The number of H-pyrrole nitrogens is 1. The highest BCUT2D eigenvalue weighted by Crippen LogP contribution is 2.16. The molecule has 0 radical (unpaired) electrons. The fraction of sp³-hybridized carbons (Fsp3) is 0.118. The zero-order chi connectivity index (χ0) is 16.9. The number of carbonyl (C=O) groups excluding carboxylic acids is 1. The number of hydrogen-bond donors (Lipinski definition) is 2. The molecule has 1 aromatic heterocycles. The van der Waals surface area contributed by atoms with E-state index in [-0.39, 0.29) is 12.3 Å². The van der Waals surface area contributed by atoms with Crippen LogP contribution in [0.2, 0.25) is 0 Å². The maximum atomic E-state index is 12.3. The third-order valence-electron chi connectivity index (χ3n) is 3.45. The van der Waals surface area contributed by atoms with Crippen molar-refractivity contribution in [1.29, 1.82) is 0 Å². The fourth-order valence-electron chi connectivity index (χ4n) is 2.33. The Morgan fingerprint density at radius 3 is 2.75 bits per heavy atom. The summed E-state index contributed by atoms with van der Waals surface area (Å²) in [7, 11) is 0. The molecule has 122 valence electrons. The third-order valence-corrected chi connectivity index (χ3v) is 4.25. The minimum Gasteiger partial charge on any atom is -0.326 e. The van der Waals surface area contributed by atoms with Crippen LogP contribution in [-0.2, 0) is 17.8 Å². The lowest BCUT2D eigenvalue weighted by Crippen LogP contribution is -2.18. The van der Waals surface area contributed by atoms with Crippen LogP contribution in [-0.4, -0.2) is 20.7 Å². The number of nitrogens with one attached hydrogen (secondary N) is 2. The topological polar surface area (TPSA) is 62.7 Å². The summed E-state index contributed by atoms with van der Waals surface area (Å²) in [6.07, 6.45) is 0.145. The first-order valence-electron chi connectivity index (χ1n) is 7.35. The molecule has 3 rings (SSSR count). The molecule has 1 amide bonds. The highest BCUT2D eigenvalue weighted by molar-refractivity contribution is 9.10. The van der Waals surface area contributed by atoms with E-state index in [1.165, 1.54) is 0 Å². The second-order valence-corrected chi connectivity index (χ2v) is 6.55. The molecule has 0 spiro atoms. The second kappa shape index (κ2) is 7.55. The number of amides is 1. The average Bonchev–Trinajstić information content (AvgIpc) is 2.89. The summed E-state index contributed by atoms with van der Waals surface area (Å²) in [6, 6.07) is 17.4. The molecule has 7 heteroatoms. The quantitative estimate of drug-likeness (QED) is 0.635. The SMILES string of the molecule is O=C(Cc1n[nH]c(=S)n1Cc1ccccc1)Nc1cccc(Br)c1. The van der Waals surface area contributed by atoms with E-state index >= 15 is 0 Å². The molecular weight excluding hydrogens is 388 g/mol. The van der Waals surface area contributed by atoms with Gasteiger partial charge in [0.1, 0.15) is 5.82 Å². The van der Waals surface area contributed by atoms with Gasteiger partial charge in [0.25, 0.3) is 0 Å². The molecule has 0 fully saturated rings. The van der Waals surface area contributed by atoms with Crippen LogP contribution in [0.1, 0.15) is 11.4 Å². The Balaban J connectivity index is 1.73. The van der Waals surface area contributed by atoms with Crippen molar-refractivity contribution in [1.82, 2.24) is 14.8 Å². The maximum Gasteiger partial charge on any atom is 0.232 e. The van der Waals surface area contributed by atoms with Gasteiger partial charge in [0.05, 0.1) is 13.0 Å². The molecule has 24 heavy (non-hydrogen) atoms. The Labute approximate surface area is 152 Å². The molecule has 0 bridgehead atoms. The van der Waals surface area contributed by atoms with Gasteiger partial charge < -0.3 is 5.32 Å². The molecule has 0 saturated carbocycles. The standard InChI is InChI=1S/C17H15BrN4OS/c18-13-7-4-8-14(9-13)19-16(23)10-15-20-21-17(24)22(15)11-12-5-2-1-3-6-12/h1-9H,10-11H2,(H,19,23)(H,21,24). The smallest absolute Gasteiger partial charge is 0.232 e. The number of halogens is 1. The van der Waals surface area contributed by atoms with Gasteiger partial charge in [-0.25, -0.2) is 0 Å². The summed E-state index contributed by atoms with van der Waals surface area (Å²) in [5.74, 6) is 0.466. The number of nitrogens with zero attached hydrogens (tertiary/aromatic N) is 2. The molecule has 0 saturated heterocycles. The lowest BCUT2D eigenvalue weighted by molar-refractivity contribution is -0.115. The van der Waals surface area contributed by atoms with E-state index in [4.69, 9.17) is 12.2 Å². The Hall–Kier alpha value is -2.25. The van der Waals surface area contributed by atoms with Crippen LogP contribution in [0, 0.1) is 4.77 Å². The monoisotopic (exact) mass is 402 g/mol. The van der Waals surface area contributed by atoms with Gasteiger partial charge in [0.15, 0.2) is 4.77 Å². The van der Waals surface area contributed by atoms with Gasteiger partial charge in [0, 0.05) is 10.2 Å². The van der Waals surface area contributed by atoms with Crippen LogP contribution in [0.5, 0.6) is 0 Å². The van der Waals surface area contributed by atoms with Gasteiger partial charge in [-0.15, -0.1) is 0 Å². The van der Waals surface area contributed by atoms with E-state index in [0.717, 1.165) is 15.7 Å². The summed E-state index contributed by atoms with van der Waals surface area (Å²) in [6.45, 7) is 0.579. The van der Waals surface area contributed by atoms with E-state index in [9.17, 15) is 4.79 Å². The number of aromatic nitrogens is 3. The first-order valence-corrected chi connectivity index (χ1v) is 8.55. The Kier molecular flexibility index (Phi) is 5.22. The average molecular weight is 403 g/mol. The molecule has 0 aliphatic rings. The van der Waals surface area contributed by atoms with E-state index in [0.29, 0.717) is 17.1 Å². The summed E-state index contributed by atoms with van der Waals surface area (Å²) in [4.78, 5) is 12.3. The molecule has 1 heterocycles. The van der Waals surface area contributed by atoms with Crippen LogP contribution in [0.4, 0.5) is 5.69 Å². The molecule has 0 aliphatic carbocycles. The van der Waals surface area contributed by atoms with Crippen LogP contribution >= 0.6 is 28.1 Å². The Bertz CT molecular complexity index is 904. The van der Waals surface area contributed by atoms with Gasteiger partial charge in [-0.2, -0.15) is 5.10 Å². The number of carbonyl (C=O) groups is 1. The van der Waals surface area contributed by atoms with Gasteiger partial charge in [-0.3, -0.25) is 14.5 Å². The molecule has 2 N–H and O–H groups in total. The summed E-state index contributed by atoms with van der Waals surface area (Å²) < 4.78 is 3.25. The van der Waals surface area contributed by atoms with Crippen LogP contribution in [0.15, 0.2) is 59.1 Å². The molecule has 0 aliphatic heterocycles. The van der Waals surface area contributed by atoms with E-state index in [1.54, 1.807) is 0 Å². The normalized spacial score (nSPS) is 10.5. The van der Waals surface area contributed by atoms with Crippen molar-refractivity contribution in [3.05, 3.63) is 75.2 Å². The largest absolute Gasteiger partial charge is 0.326 e. The maximum absolute atomic E-state index is 12.3. The van der Waals surface area contributed by atoms with Gasteiger partial charge in [-0.1, -0.05) is 52.3 Å². The van der Waals surface area contributed by atoms with Gasteiger partial charge in [0.2, 0.25) is 5.91 Å². The van der Waals surface area contributed by atoms with E-state index in [1.807, 2.05) is 59.2 Å². The highest BCUT2D eigenvalue weighted by Gasteiger charge is 2.12. The van der Waals surface area contributed by atoms with Crippen molar-refractivity contribution in [2.45, 2.75) is 13.0 Å². The minimum absolute atomic E-state index is 0.142. The van der Waals surface area contributed by atoms with E-state index < -0.39 is 0 Å². The molecule has 5 nitrogen and oxygen atoms in total. The number of rotatable bonds is 5. The molecule has 2 aromatic carbocycles. The summed E-state index contributed by atoms with van der Waals surface area (Å²) in [5.41, 5.74) is 1.83. The Morgan fingerprint density at radius 2 is 2.00 bits per heavy atom. The zero-order valence-electron chi connectivity index (χ0n) is 12.7. The summed E-state index contributed by atoms with van der Waals surface area (Å²) >= 11 is 8.66. The lowest BCUT2D eigenvalue weighted by Gasteiger charge is -2.08. The molecule has 0 atom stereocenters. The van der Waals surface area contributed by atoms with Crippen LogP contribution in [0.3, 0.4) is 0 Å². The van der Waals surface area contributed by atoms with Crippen molar-refractivity contribution in [2.75, 3.05) is 5.32 Å². The fourth-order valence-corrected chi connectivity index (χ4v) is 2.94. The summed E-state index contributed by atoms with van der Waals surface area (Å²) in [5, 5.41) is 9.81. The molecular formula is C17H15BrN4OS. The number of benzene rings is 2. The molecule has 0 unspecified atom stereocenters. The number of anilines is 1. The van der Waals surface area contributed by atoms with Crippen molar-refractivity contribution in [2.24, 2.45) is 0 Å². The van der Waals surface area contributed by atoms with Crippen molar-refractivity contribution >= 4 is 39.7 Å². The Morgan fingerprint density at radius 1 is 1.21 bits per heavy atom. The number of hydrogen-bond acceptors (Lipinski definition) is 3. The minimum atomic E-state index is -0.142. The van der Waals surface area contributed by atoms with Gasteiger partial charge >= 0.3 is 0 Å². The molecule has 3 aromatic rings. The number of aromatic amines is 1. The highest BCUT2D eigenvalue weighted by atomic mass is 79.9.